The molecule has 0 amide bonds. The first kappa shape index (κ1) is 17.5. The van der Waals surface area contributed by atoms with E-state index in [0.29, 0.717) is 17.9 Å². The molecule has 5 heteroatoms. The van der Waals surface area contributed by atoms with E-state index in [1.54, 1.807) is 6.07 Å². The Kier molecular flexibility index (Phi) is 6.04. The minimum Gasteiger partial charge on any atom is -0.491 e. The molecule has 0 saturated carbocycles. The smallest absolute Gasteiger partial charge is 0.341 e. The SMILES string of the molecule is COC(=O)c1ccc(-c2ccccc2)cc1OCCN1CCOCC1. The summed E-state index contributed by atoms with van der Waals surface area (Å²) in [7, 11) is 1.38. The highest BCUT2D eigenvalue weighted by Gasteiger charge is 2.15. The van der Waals surface area contributed by atoms with Crippen molar-refractivity contribution in [2.24, 2.45) is 0 Å². The highest BCUT2D eigenvalue weighted by atomic mass is 16.5. The van der Waals surface area contributed by atoms with Gasteiger partial charge in [0.1, 0.15) is 17.9 Å². The molecule has 1 fully saturated rings. The van der Waals surface area contributed by atoms with E-state index in [-0.39, 0.29) is 5.97 Å². The first-order valence-corrected chi connectivity index (χ1v) is 8.48. The van der Waals surface area contributed by atoms with E-state index in [4.69, 9.17) is 14.2 Å². The molecule has 0 bridgehead atoms. The molecule has 1 aliphatic rings. The predicted octanol–water partition coefficient (Wildman–Crippen LogP) is 2.85. The molecule has 0 radical (unpaired) electrons. The molecule has 0 aromatic heterocycles. The fraction of sp³-hybridized carbons (Fsp3) is 0.350. The Morgan fingerprint density at radius 1 is 1.08 bits per heavy atom. The zero-order chi connectivity index (χ0) is 17.5. The number of methoxy groups -OCH3 is 1. The van der Waals surface area contributed by atoms with Crippen molar-refractivity contribution in [1.82, 2.24) is 4.90 Å². The maximum absolute atomic E-state index is 12.0. The van der Waals surface area contributed by atoms with Crippen molar-refractivity contribution in [2.45, 2.75) is 0 Å². The number of carbonyl (C=O) groups is 1. The molecule has 3 rings (SSSR count). The second-order valence-corrected chi connectivity index (χ2v) is 5.87. The number of benzene rings is 2. The molecule has 1 aliphatic heterocycles. The summed E-state index contributed by atoms with van der Waals surface area (Å²) in [6, 6.07) is 15.6. The first-order valence-electron chi connectivity index (χ1n) is 8.48. The maximum atomic E-state index is 12.0. The van der Waals surface area contributed by atoms with E-state index in [2.05, 4.69) is 4.90 Å². The summed E-state index contributed by atoms with van der Waals surface area (Å²) in [6.45, 7) is 4.67. The maximum Gasteiger partial charge on any atom is 0.341 e. The van der Waals surface area contributed by atoms with Gasteiger partial charge in [-0.1, -0.05) is 36.4 Å². The average Bonchev–Trinajstić information content (AvgIpc) is 2.69. The van der Waals surface area contributed by atoms with E-state index < -0.39 is 0 Å². The van der Waals surface area contributed by atoms with Gasteiger partial charge in [0.05, 0.1) is 20.3 Å². The second-order valence-electron chi connectivity index (χ2n) is 5.87. The van der Waals surface area contributed by atoms with Crippen LogP contribution >= 0.6 is 0 Å². The van der Waals surface area contributed by atoms with Gasteiger partial charge in [0.25, 0.3) is 0 Å². The molecular weight excluding hydrogens is 318 g/mol. The fourth-order valence-electron chi connectivity index (χ4n) is 2.84. The molecule has 0 N–H and O–H groups in total. The number of carbonyl (C=O) groups excluding carboxylic acids is 1. The molecule has 0 spiro atoms. The molecular formula is C20H23NO4. The number of hydrogen-bond donors (Lipinski definition) is 0. The number of nitrogens with zero attached hydrogens (tertiary/aromatic N) is 1. The van der Waals surface area contributed by atoms with Crippen LogP contribution < -0.4 is 4.74 Å². The normalized spacial score (nSPS) is 14.9. The monoisotopic (exact) mass is 341 g/mol. The van der Waals surface area contributed by atoms with Gasteiger partial charge in [-0.25, -0.2) is 4.79 Å². The van der Waals surface area contributed by atoms with Crippen molar-refractivity contribution >= 4 is 5.97 Å². The number of rotatable bonds is 6. The number of morpholine rings is 1. The molecule has 1 saturated heterocycles. The van der Waals surface area contributed by atoms with Crippen molar-refractivity contribution in [3.63, 3.8) is 0 Å². The third-order valence-electron chi connectivity index (χ3n) is 4.26. The Morgan fingerprint density at radius 2 is 1.84 bits per heavy atom. The third-order valence-corrected chi connectivity index (χ3v) is 4.26. The van der Waals surface area contributed by atoms with E-state index in [9.17, 15) is 4.79 Å². The molecule has 2 aromatic rings. The largest absolute Gasteiger partial charge is 0.491 e. The van der Waals surface area contributed by atoms with Crippen LogP contribution in [-0.2, 0) is 9.47 Å². The highest BCUT2D eigenvalue weighted by molar-refractivity contribution is 5.93. The van der Waals surface area contributed by atoms with Crippen LogP contribution in [0.4, 0.5) is 0 Å². The number of hydrogen-bond acceptors (Lipinski definition) is 5. The van der Waals surface area contributed by atoms with Crippen molar-refractivity contribution < 1.29 is 19.0 Å². The van der Waals surface area contributed by atoms with E-state index in [1.807, 2.05) is 42.5 Å². The van der Waals surface area contributed by atoms with Crippen LogP contribution in [0.1, 0.15) is 10.4 Å². The molecule has 2 aromatic carbocycles. The Balaban J connectivity index is 1.75. The molecule has 132 valence electrons. The summed E-state index contributed by atoms with van der Waals surface area (Å²) in [5.41, 5.74) is 2.54. The van der Waals surface area contributed by atoms with Gasteiger partial charge in [0.15, 0.2) is 0 Å². The van der Waals surface area contributed by atoms with Crippen LogP contribution in [0.15, 0.2) is 48.5 Å². The second kappa shape index (κ2) is 8.65. The van der Waals surface area contributed by atoms with Crippen LogP contribution in [0.5, 0.6) is 5.75 Å². The van der Waals surface area contributed by atoms with Crippen molar-refractivity contribution in [1.29, 1.82) is 0 Å². The topological polar surface area (TPSA) is 48.0 Å². The van der Waals surface area contributed by atoms with Gasteiger partial charge in [-0.3, -0.25) is 4.90 Å². The molecule has 5 nitrogen and oxygen atoms in total. The predicted molar refractivity (Wildman–Crippen MR) is 96.0 cm³/mol. The number of ether oxygens (including phenoxy) is 3. The molecule has 25 heavy (non-hydrogen) atoms. The van der Waals surface area contributed by atoms with Crippen LogP contribution in [0.25, 0.3) is 11.1 Å². The fourth-order valence-corrected chi connectivity index (χ4v) is 2.84. The summed E-state index contributed by atoms with van der Waals surface area (Å²) >= 11 is 0. The average molecular weight is 341 g/mol. The highest BCUT2D eigenvalue weighted by Crippen LogP contribution is 2.28. The molecule has 1 heterocycles. The van der Waals surface area contributed by atoms with Gasteiger partial charge in [0.2, 0.25) is 0 Å². The zero-order valence-electron chi connectivity index (χ0n) is 14.4. The Hall–Kier alpha value is -2.37. The van der Waals surface area contributed by atoms with Crippen molar-refractivity contribution in [3.05, 3.63) is 54.1 Å². The minimum atomic E-state index is -0.388. The lowest BCUT2D eigenvalue weighted by atomic mass is 10.0. The Labute approximate surface area is 148 Å². The summed E-state index contributed by atoms with van der Waals surface area (Å²) in [5, 5.41) is 0. The van der Waals surface area contributed by atoms with Crippen LogP contribution in [0.3, 0.4) is 0 Å². The standard InChI is InChI=1S/C20H23NO4/c1-23-20(22)18-8-7-17(16-5-3-2-4-6-16)15-19(18)25-14-11-21-9-12-24-13-10-21/h2-8,15H,9-14H2,1H3. The summed E-state index contributed by atoms with van der Waals surface area (Å²) in [5.74, 6) is 0.169. The van der Waals surface area contributed by atoms with E-state index in [0.717, 1.165) is 44.0 Å². The quantitative estimate of drug-likeness (QED) is 0.756. The van der Waals surface area contributed by atoms with Crippen LogP contribution in [0, 0.1) is 0 Å². The van der Waals surface area contributed by atoms with Gasteiger partial charge in [-0.2, -0.15) is 0 Å². The van der Waals surface area contributed by atoms with Gasteiger partial charge in [-0.15, -0.1) is 0 Å². The summed E-state index contributed by atoms with van der Waals surface area (Å²) < 4.78 is 16.2. The minimum absolute atomic E-state index is 0.388. The lowest BCUT2D eigenvalue weighted by molar-refractivity contribution is 0.0321. The van der Waals surface area contributed by atoms with E-state index in [1.165, 1.54) is 7.11 Å². The van der Waals surface area contributed by atoms with Gasteiger partial charge in [-0.05, 0) is 23.3 Å². The Bertz CT molecular complexity index is 696. The molecule has 0 unspecified atom stereocenters. The Morgan fingerprint density at radius 3 is 2.56 bits per heavy atom. The van der Waals surface area contributed by atoms with E-state index >= 15 is 0 Å². The van der Waals surface area contributed by atoms with Gasteiger partial charge in [0, 0.05) is 19.6 Å². The molecule has 0 aliphatic carbocycles. The first-order chi connectivity index (χ1) is 12.3. The molecule has 0 atom stereocenters. The zero-order valence-corrected chi connectivity index (χ0v) is 14.4. The van der Waals surface area contributed by atoms with Crippen molar-refractivity contribution in [3.8, 4) is 16.9 Å². The number of esters is 1. The van der Waals surface area contributed by atoms with Crippen LogP contribution in [-0.4, -0.2) is 57.4 Å². The van der Waals surface area contributed by atoms with Crippen molar-refractivity contribution in [2.75, 3.05) is 46.6 Å². The summed E-state index contributed by atoms with van der Waals surface area (Å²) in [4.78, 5) is 14.3. The van der Waals surface area contributed by atoms with Crippen LogP contribution in [0.2, 0.25) is 0 Å². The van der Waals surface area contributed by atoms with Gasteiger partial charge < -0.3 is 14.2 Å². The summed E-state index contributed by atoms with van der Waals surface area (Å²) in [6.07, 6.45) is 0. The van der Waals surface area contributed by atoms with Gasteiger partial charge >= 0.3 is 5.97 Å². The third kappa shape index (κ3) is 4.59. The lowest BCUT2D eigenvalue weighted by Crippen LogP contribution is -2.38. The lowest BCUT2D eigenvalue weighted by Gasteiger charge is -2.26.